The van der Waals surface area contributed by atoms with E-state index in [1.807, 2.05) is 27.7 Å². The lowest BCUT2D eigenvalue weighted by atomic mass is 9.74. The van der Waals surface area contributed by atoms with E-state index in [-0.39, 0.29) is 47.6 Å². The van der Waals surface area contributed by atoms with Crippen molar-refractivity contribution in [3.63, 3.8) is 0 Å². The minimum Gasteiger partial charge on any atom is -0.347 e. The monoisotopic (exact) mass is 678 g/mol. The molecule has 12 nitrogen and oxygen atoms in total. The lowest BCUT2D eigenvalue weighted by Crippen LogP contribution is -2.56. The lowest BCUT2D eigenvalue weighted by Gasteiger charge is -2.37. The minimum atomic E-state index is -0.970. The number of fused-ring (bicyclic) bond motifs is 1. The zero-order chi connectivity index (χ0) is 35.3. The molecule has 4 aliphatic rings. The smallest absolute Gasteiger partial charge is 0.289 e. The third-order valence-electron chi connectivity index (χ3n) is 11.1. The molecule has 0 spiro atoms. The average Bonchev–Trinajstić information content (AvgIpc) is 3.65. The molecule has 6 atom stereocenters. The van der Waals surface area contributed by atoms with Crippen LogP contribution in [0.1, 0.15) is 122 Å². The summed E-state index contributed by atoms with van der Waals surface area (Å²) in [4.78, 5) is 91.7. The molecule has 0 bridgehead atoms. The predicted octanol–water partition coefficient (Wildman–Crippen LogP) is 3.54. The van der Waals surface area contributed by atoms with Crippen molar-refractivity contribution >= 4 is 35.2 Å². The SMILES string of the molecule is CCCC(NC(=O)[C@@H]1[C@H]2CCC[C@H]2CN1C(=O)[C@@H](CC(=O)[C@@H](NC(=O)c1cnccn1)C1CCCCC1)C(C)(C)C)C(=O)C(=O)NC1CC1. The number of nitrogens with zero attached hydrogens (tertiary/aromatic N) is 3. The van der Waals surface area contributed by atoms with Gasteiger partial charge in [0.15, 0.2) is 5.78 Å². The van der Waals surface area contributed by atoms with Gasteiger partial charge in [0.05, 0.1) is 18.3 Å². The van der Waals surface area contributed by atoms with Gasteiger partial charge in [0.2, 0.25) is 17.6 Å². The predicted molar refractivity (Wildman–Crippen MR) is 182 cm³/mol. The largest absolute Gasteiger partial charge is 0.347 e. The molecule has 0 radical (unpaired) electrons. The minimum absolute atomic E-state index is 0.0201. The summed E-state index contributed by atoms with van der Waals surface area (Å²) in [5.74, 6) is -3.38. The van der Waals surface area contributed by atoms with Crippen LogP contribution in [0.5, 0.6) is 0 Å². The van der Waals surface area contributed by atoms with E-state index in [1.54, 1.807) is 4.90 Å². The van der Waals surface area contributed by atoms with Gasteiger partial charge in [-0.25, -0.2) is 4.98 Å². The van der Waals surface area contributed by atoms with Crippen LogP contribution in [-0.4, -0.2) is 80.8 Å². The molecule has 268 valence electrons. The Morgan fingerprint density at radius 1 is 0.918 bits per heavy atom. The molecule has 3 saturated carbocycles. The summed E-state index contributed by atoms with van der Waals surface area (Å²) in [7, 11) is 0. The zero-order valence-corrected chi connectivity index (χ0v) is 29.5. The molecule has 1 unspecified atom stereocenters. The van der Waals surface area contributed by atoms with Crippen LogP contribution >= 0.6 is 0 Å². The first-order valence-corrected chi connectivity index (χ1v) is 18.4. The Labute approximate surface area is 289 Å². The maximum absolute atomic E-state index is 14.7. The number of amides is 4. The second-order valence-electron chi connectivity index (χ2n) is 15.8. The number of nitrogens with one attached hydrogen (secondary N) is 3. The Morgan fingerprint density at radius 2 is 1.65 bits per heavy atom. The van der Waals surface area contributed by atoms with Gasteiger partial charge in [0.25, 0.3) is 11.8 Å². The molecule has 1 aromatic rings. The summed E-state index contributed by atoms with van der Waals surface area (Å²) in [6.45, 7) is 8.09. The summed E-state index contributed by atoms with van der Waals surface area (Å²) >= 11 is 0. The molecular formula is C37H54N6O6. The lowest BCUT2D eigenvalue weighted by molar-refractivity contribution is -0.148. The number of likely N-dealkylation sites (tertiary alicyclic amines) is 1. The third kappa shape index (κ3) is 8.91. The molecule has 1 aliphatic heterocycles. The summed E-state index contributed by atoms with van der Waals surface area (Å²) in [5.41, 5.74) is -0.499. The fraction of sp³-hybridized carbons (Fsp3) is 0.730. The molecule has 4 fully saturated rings. The quantitative estimate of drug-likeness (QED) is 0.251. The Bertz CT molecular complexity index is 1390. The van der Waals surface area contributed by atoms with Crippen molar-refractivity contribution in [2.45, 2.75) is 135 Å². The van der Waals surface area contributed by atoms with Gasteiger partial charge < -0.3 is 20.9 Å². The molecular weight excluding hydrogens is 624 g/mol. The van der Waals surface area contributed by atoms with E-state index in [9.17, 15) is 28.8 Å². The molecule has 5 rings (SSSR count). The second kappa shape index (κ2) is 15.9. The Balaban J connectivity index is 1.36. The topological polar surface area (TPSA) is 168 Å². The molecule has 1 aromatic heterocycles. The van der Waals surface area contributed by atoms with Crippen LogP contribution in [0.4, 0.5) is 0 Å². The Kier molecular flexibility index (Phi) is 11.9. The fourth-order valence-corrected chi connectivity index (χ4v) is 8.18. The Morgan fingerprint density at radius 3 is 2.29 bits per heavy atom. The normalized spacial score (nSPS) is 24.3. The molecule has 3 N–H and O–H groups in total. The Hall–Kier alpha value is -3.70. The molecule has 3 aliphatic carbocycles. The van der Waals surface area contributed by atoms with Gasteiger partial charge in [-0.05, 0) is 68.1 Å². The highest BCUT2D eigenvalue weighted by Crippen LogP contribution is 2.44. The van der Waals surface area contributed by atoms with E-state index in [0.29, 0.717) is 19.4 Å². The standard InChI is InChI=1S/C37H54N6O6/c1-5-10-27(32(45)35(48)40-24-15-16-24)41-34(47)31-25-14-9-13-23(25)21-43(31)36(49)26(37(2,3)4)19-29(44)30(22-11-7-6-8-12-22)42-33(46)28-20-38-17-18-39-28/h17-18,20,22-27,30-31H,5-16,19,21H2,1-4H3,(H,40,48)(H,41,47)(H,42,46)/t23-,25-,26+,27?,30-,31-/m0/s1. The van der Waals surface area contributed by atoms with Crippen LogP contribution in [-0.2, 0) is 24.0 Å². The van der Waals surface area contributed by atoms with Crippen molar-refractivity contribution in [3.05, 3.63) is 24.3 Å². The number of aromatic nitrogens is 2. The number of hydrogen-bond donors (Lipinski definition) is 3. The van der Waals surface area contributed by atoms with Crippen molar-refractivity contribution in [1.29, 1.82) is 0 Å². The van der Waals surface area contributed by atoms with E-state index in [2.05, 4.69) is 25.9 Å². The summed E-state index contributed by atoms with van der Waals surface area (Å²) in [6.07, 6.45) is 14.1. The first-order chi connectivity index (χ1) is 23.4. The molecule has 2 heterocycles. The summed E-state index contributed by atoms with van der Waals surface area (Å²) in [6, 6.07) is -2.51. The number of Topliss-reactive ketones (excluding diaryl/α,β-unsaturated/α-hetero) is 2. The fourth-order valence-electron chi connectivity index (χ4n) is 8.18. The molecule has 0 aromatic carbocycles. The van der Waals surface area contributed by atoms with Gasteiger partial charge in [-0.1, -0.05) is 59.8 Å². The number of rotatable bonds is 14. The van der Waals surface area contributed by atoms with E-state index in [0.717, 1.165) is 64.2 Å². The van der Waals surface area contributed by atoms with Crippen molar-refractivity contribution < 1.29 is 28.8 Å². The third-order valence-corrected chi connectivity index (χ3v) is 11.1. The van der Waals surface area contributed by atoms with E-state index < -0.39 is 53.0 Å². The zero-order valence-electron chi connectivity index (χ0n) is 29.5. The van der Waals surface area contributed by atoms with E-state index in [1.165, 1.54) is 18.6 Å². The average molecular weight is 679 g/mol. The van der Waals surface area contributed by atoms with Crippen LogP contribution in [0.2, 0.25) is 0 Å². The highest BCUT2D eigenvalue weighted by atomic mass is 16.2. The maximum atomic E-state index is 14.7. The summed E-state index contributed by atoms with van der Waals surface area (Å²) < 4.78 is 0. The highest BCUT2D eigenvalue weighted by Gasteiger charge is 2.52. The van der Waals surface area contributed by atoms with Crippen LogP contribution in [0, 0.1) is 29.1 Å². The van der Waals surface area contributed by atoms with Crippen molar-refractivity contribution in [3.8, 4) is 0 Å². The number of carbonyl (C=O) groups is 6. The van der Waals surface area contributed by atoms with Crippen molar-refractivity contribution in [2.24, 2.45) is 29.1 Å². The first-order valence-electron chi connectivity index (χ1n) is 18.4. The number of carbonyl (C=O) groups excluding carboxylic acids is 6. The molecule has 1 saturated heterocycles. The van der Waals surface area contributed by atoms with Crippen molar-refractivity contribution in [1.82, 2.24) is 30.8 Å². The van der Waals surface area contributed by atoms with Crippen LogP contribution in [0.25, 0.3) is 0 Å². The highest BCUT2D eigenvalue weighted by molar-refractivity contribution is 6.38. The van der Waals surface area contributed by atoms with E-state index in [4.69, 9.17) is 0 Å². The van der Waals surface area contributed by atoms with Crippen LogP contribution in [0.15, 0.2) is 18.6 Å². The van der Waals surface area contributed by atoms with Gasteiger partial charge in [0.1, 0.15) is 11.7 Å². The van der Waals surface area contributed by atoms with Gasteiger partial charge in [-0.15, -0.1) is 0 Å². The number of hydrogen-bond acceptors (Lipinski definition) is 8. The molecule has 12 heteroatoms. The summed E-state index contributed by atoms with van der Waals surface area (Å²) in [5, 5.41) is 8.57. The van der Waals surface area contributed by atoms with Gasteiger partial charge >= 0.3 is 0 Å². The molecule has 4 amide bonds. The van der Waals surface area contributed by atoms with Crippen molar-refractivity contribution in [2.75, 3.05) is 6.54 Å². The van der Waals surface area contributed by atoms with Gasteiger partial charge in [0, 0.05) is 37.3 Å². The van der Waals surface area contributed by atoms with Gasteiger partial charge in [-0.3, -0.25) is 33.8 Å². The van der Waals surface area contributed by atoms with Crippen LogP contribution < -0.4 is 16.0 Å². The number of ketones is 2. The van der Waals surface area contributed by atoms with Crippen LogP contribution in [0.3, 0.4) is 0 Å². The second-order valence-corrected chi connectivity index (χ2v) is 15.8. The van der Waals surface area contributed by atoms with Gasteiger partial charge in [-0.2, -0.15) is 0 Å². The molecule has 49 heavy (non-hydrogen) atoms. The van der Waals surface area contributed by atoms with E-state index >= 15 is 0 Å². The first kappa shape index (κ1) is 36.6. The maximum Gasteiger partial charge on any atom is 0.289 e.